The maximum Gasteiger partial charge on any atom is 0.0373 e. The van der Waals surface area contributed by atoms with Gasteiger partial charge in [0, 0.05) is 16.7 Å². The summed E-state index contributed by atoms with van der Waals surface area (Å²) < 4.78 is 1.16. The van der Waals surface area contributed by atoms with E-state index in [4.69, 9.17) is 0 Å². The van der Waals surface area contributed by atoms with Crippen LogP contribution in [0.4, 0.5) is 5.69 Å². The summed E-state index contributed by atoms with van der Waals surface area (Å²) in [4.78, 5) is 0. The Labute approximate surface area is 108 Å². The standard InChI is InChI=1S/C14H22BrN/c1-4-6-11(3)10-16-14-8-7-13(15)9-12(14)5-2/h7-9,11,16H,4-6,10H2,1-3H3. The summed E-state index contributed by atoms with van der Waals surface area (Å²) in [6, 6.07) is 6.47. The summed E-state index contributed by atoms with van der Waals surface area (Å²) in [5.74, 6) is 0.748. The third-order valence-electron chi connectivity index (χ3n) is 2.87. The van der Waals surface area contributed by atoms with Crippen molar-refractivity contribution in [3.8, 4) is 0 Å². The molecular formula is C14H22BrN. The van der Waals surface area contributed by atoms with Crippen molar-refractivity contribution in [3.05, 3.63) is 28.2 Å². The van der Waals surface area contributed by atoms with E-state index in [1.54, 1.807) is 0 Å². The van der Waals surface area contributed by atoms with Gasteiger partial charge in [0.2, 0.25) is 0 Å². The van der Waals surface area contributed by atoms with E-state index in [2.05, 4.69) is 60.2 Å². The van der Waals surface area contributed by atoms with Crippen LogP contribution in [0.25, 0.3) is 0 Å². The summed E-state index contributed by atoms with van der Waals surface area (Å²) in [5, 5.41) is 3.56. The first-order chi connectivity index (χ1) is 7.67. The second-order valence-corrected chi connectivity index (χ2v) is 5.35. The molecular weight excluding hydrogens is 262 g/mol. The van der Waals surface area contributed by atoms with E-state index in [1.807, 2.05) is 0 Å². The van der Waals surface area contributed by atoms with Gasteiger partial charge in [-0.05, 0) is 42.5 Å². The molecule has 1 aromatic carbocycles. The average molecular weight is 284 g/mol. The van der Waals surface area contributed by atoms with Crippen LogP contribution in [0.3, 0.4) is 0 Å². The first kappa shape index (κ1) is 13.6. The molecule has 1 unspecified atom stereocenters. The molecule has 0 spiro atoms. The monoisotopic (exact) mass is 283 g/mol. The van der Waals surface area contributed by atoms with E-state index < -0.39 is 0 Å². The van der Waals surface area contributed by atoms with Gasteiger partial charge in [-0.25, -0.2) is 0 Å². The molecule has 0 aromatic heterocycles. The van der Waals surface area contributed by atoms with Crippen LogP contribution >= 0.6 is 15.9 Å². The van der Waals surface area contributed by atoms with Gasteiger partial charge in [-0.3, -0.25) is 0 Å². The molecule has 0 radical (unpaired) electrons. The summed E-state index contributed by atoms with van der Waals surface area (Å²) >= 11 is 3.51. The lowest BCUT2D eigenvalue weighted by atomic mass is 10.1. The second-order valence-electron chi connectivity index (χ2n) is 4.43. The highest BCUT2D eigenvalue weighted by Crippen LogP contribution is 2.22. The van der Waals surface area contributed by atoms with Gasteiger partial charge < -0.3 is 5.32 Å². The Bertz CT molecular complexity index is 323. The van der Waals surface area contributed by atoms with E-state index in [1.165, 1.54) is 24.1 Å². The summed E-state index contributed by atoms with van der Waals surface area (Å²) in [6.45, 7) is 7.82. The number of benzene rings is 1. The first-order valence-electron chi connectivity index (χ1n) is 6.19. The molecule has 90 valence electrons. The topological polar surface area (TPSA) is 12.0 Å². The van der Waals surface area contributed by atoms with Crippen LogP contribution in [0.1, 0.15) is 39.2 Å². The molecule has 0 heterocycles. The third-order valence-corrected chi connectivity index (χ3v) is 3.36. The molecule has 1 aromatic rings. The number of hydrogen-bond donors (Lipinski definition) is 1. The van der Waals surface area contributed by atoms with Crippen LogP contribution in [0.2, 0.25) is 0 Å². The number of hydrogen-bond acceptors (Lipinski definition) is 1. The summed E-state index contributed by atoms with van der Waals surface area (Å²) in [6.07, 6.45) is 3.64. The normalized spacial score (nSPS) is 12.5. The molecule has 1 atom stereocenters. The van der Waals surface area contributed by atoms with Crippen molar-refractivity contribution < 1.29 is 0 Å². The number of nitrogens with one attached hydrogen (secondary N) is 1. The quantitative estimate of drug-likeness (QED) is 0.786. The Morgan fingerprint density at radius 1 is 1.31 bits per heavy atom. The molecule has 0 aliphatic rings. The van der Waals surface area contributed by atoms with E-state index in [0.717, 1.165) is 23.4 Å². The predicted octanol–water partition coefficient (Wildman–Crippen LogP) is 4.86. The SMILES string of the molecule is CCCC(C)CNc1ccc(Br)cc1CC. The van der Waals surface area contributed by atoms with Crippen LogP contribution in [-0.4, -0.2) is 6.54 Å². The van der Waals surface area contributed by atoms with E-state index in [0.29, 0.717) is 0 Å². The highest BCUT2D eigenvalue weighted by Gasteiger charge is 2.04. The minimum absolute atomic E-state index is 0.748. The zero-order valence-electron chi connectivity index (χ0n) is 10.5. The Morgan fingerprint density at radius 2 is 2.06 bits per heavy atom. The molecule has 1 N–H and O–H groups in total. The molecule has 0 fully saturated rings. The lowest BCUT2D eigenvalue weighted by Crippen LogP contribution is -2.12. The van der Waals surface area contributed by atoms with Crippen molar-refractivity contribution in [2.75, 3.05) is 11.9 Å². The fourth-order valence-corrected chi connectivity index (χ4v) is 2.31. The fourth-order valence-electron chi connectivity index (χ4n) is 1.91. The van der Waals surface area contributed by atoms with Crippen molar-refractivity contribution in [2.45, 2.75) is 40.0 Å². The van der Waals surface area contributed by atoms with Crippen molar-refractivity contribution >= 4 is 21.6 Å². The number of anilines is 1. The van der Waals surface area contributed by atoms with Crippen LogP contribution in [-0.2, 0) is 6.42 Å². The zero-order chi connectivity index (χ0) is 12.0. The van der Waals surface area contributed by atoms with Crippen LogP contribution in [0.15, 0.2) is 22.7 Å². The molecule has 0 aliphatic heterocycles. The summed E-state index contributed by atoms with van der Waals surface area (Å²) in [5.41, 5.74) is 2.67. The molecule has 1 rings (SSSR count). The van der Waals surface area contributed by atoms with Gasteiger partial charge in [0.15, 0.2) is 0 Å². The van der Waals surface area contributed by atoms with Crippen LogP contribution in [0, 0.1) is 5.92 Å². The van der Waals surface area contributed by atoms with Gasteiger partial charge in [-0.2, -0.15) is 0 Å². The second kappa shape index (κ2) is 6.95. The molecule has 1 nitrogen and oxygen atoms in total. The Balaban J connectivity index is 2.59. The average Bonchev–Trinajstić information content (AvgIpc) is 2.27. The largest absolute Gasteiger partial charge is 0.385 e. The summed E-state index contributed by atoms with van der Waals surface area (Å²) in [7, 11) is 0. The minimum Gasteiger partial charge on any atom is -0.385 e. The van der Waals surface area contributed by atoms with Crippen LogP contribution in [0.5, 0.6) is 0 Å². The molecule has 0 bridgehead atoms. The lowest BCUT2D eigenvalue weighted by Gasteiger charge is -2.15. The van der Waals surface area contributed by atoms with Crippen molar-refractivity contribution in [1.29, 1.82) is 0 Å². The molecule has 2 heteroatoms. The van der Waals surface area contributed by atoms with E-state index in [-0.39, 0.29) is 0 Å². The molecule has 0 saturated heterocycles. The van der Waals surface area contributed by atoms with E-state index in [9.17, 15) is 0 Å². The lowest BCUT2D eigenvalue weighted by molar-refractivity contribution is 0.550. The molecule has 16 heavy (non-hydrogen) atoms. The zero-order valence-corrected chi connectivity index (χ0v) is 12.1. The van der Waals surface area contributed by atoms with Crippen LogP contribution < -0.4 is 5.32 Å². The highest BCUT2D eigenvalue weighted by molar-refractivity contribution is 9.10. The van der Waals surface area contributed by atoms with Gasteiger partial charge in [0.25, 0.3) is 0 Å². The first-order valence-corrected chi connectivity index (χ1v) is 6.99. The third kappa shape index (κ3) is 4.17. The molecule has 0 amide bonds. The minimum atomic E-state index is 0.748. The Morgan fingerprint density at radius 3 is 2.69 bits per heavy atom. The van der Waals surface area contributed by atoms with Gasteiger partial charge in [0.1, 0.15) is 0 Å². The van der Waals surface area contributed by atoms with Crippen molar-refractivity contribution in [2.24, 2.45) is 5.92 Å². The molecule has 0 aliphatic carbocycles. The number of aryl methyl sites for hydroxylation is 1. The Hall–Kier alpha value is -0.500. The number of halogens is 1. The number of rotatable bonds is 6. The molecule has 0 saturated carbocycles. The van der Waals surface area contributed by atoms with Gasteiger partial charge in [0.05, 0.1) is 0 Å². The smallest absolute Gasteiger partial charge is 0.0373 e. The fraction of sp³-hybridized carbons (Fsp3) is 0.571. The highest BCUT2D eigenvalue weighted by atomic mass is 79.9. The van der Waals surface area contributed by atoms with Gasteiger partial charge in [-0.15, -0.1) is 0 Å². The van der Waals surface area contributed by atoms with Gasteiger partial charge >= 0.3 is 0 Å². The predicted molar refractivity (Wildman–Crippen MR) is 76.1 cm³/mol. The van der Waals surface area contributed by atoms with Crippen molar-refractivity contribution in [3.63, 3.8) is 0 Å². The van der Waals surface area contributed by atoms with Crippen molar-refractivity contribution in [1.82, 2.24) is 0 Å². The Kier molecular flexibility index (Phi) is 5.89. The maximum absolute atomic E-state index is 3.56. The van der Waals surface area contributed by atoms with E-state index >= 15 is 0 Å². The maximum atomic E-state index is 3.56. The van der Waals surface area contributed by atoms with Gasteiger partial charge in [-0.1, -0.05) is 43.1 Å².